The van der Waals surface area contributed by atoms with Gasteiger partial charge >= 0.3 is 18.7 Å². The van der Waals surface area contributed by atoms with E-state index in [1.54, 1.807) is 20.8 Å². The van der Waals surface area contributed by atoms with E-state index < -0.39 is 52.9 Å². The van der Waals surface area contributed by atoms with Gasteiger partial charge in [0.2, 0.25) is 10.0 Å². The van der Waals surface area contributed by atoms with Crippen molar-refractivity contribution in [2.45, 2.75) is 71.2 Å². The van der Waals surface area contributed by atoms with Crippen LogP contribution in [0, 0.1) is 17.0 Å². The summed E-state index contributed by atoms with van der Waals surface area (Å²) >= 11 is 12.7. The van der Waals surface area contributed by atoms with Gasteiger partial charge in [0, 0.05) is 17.5 Å². The van der Waals surface area contributed by atoms with Crippen molar-refractivity contribution in [3.8, 4) is 17.2 Å². The number of rotatable bonds is 17. The summed E-state index contributed by atoms with van der Waals surface area (Å²) in [5.41, 5.74) is -0.727. The zero-order valence-electron chi connectivity index (χ0n) is 30.9. The van der Waals surface area contributed by atoms with Gasteiger partial charge in [0.05, 0.1) is 19.5 Å². The summed E-state index contributed by atoms with van der Waals surface area (Å²) < 4.78 is 80.4. The number of hydrogen-bond donors (Lipinski definition) is 1. The SMILES string of the molecule is CC(C)(C)OC(=O)N(c1ccc(C(=O)NCC(=O)O[C@@H](Cc2c(Cl)c[n+]([O-])cc2Cl)c2ccc(OC(F)F)c(OCC3CC3)c2)cc1OCC1CC1)S(C)(=O)=O. The molecule has 0 aliphatic heterocycles. The molecule has 1 aromatic heterocycles. The maximum absolute atomic E-state index is 13.4. The van der Waals surface area contributed by atoms with E-state index in [2.05, 4.69) is 10.1 Å². The van der Waals surface area contributed by atoms with Crippen molar-refractivity contribution >= 4 is 56.9 Å². The van der Waals surface area contributed by atoms with Crippen LogP contribution in [0.25, 0.3) is 0 Å². The van der Waals surface area contributed by atoms with Crippen LogP contribution in [0.3, 0.4) is 0 Å². The third-order valence-electron chi connectivity index (χ3n) is 8.34. The van der Waals surface area contributed by atoms with Crippen LogP contribution in [0.15, 0.2) is 48.8 Å². The number of esters is 1. The lowest BCUT2D eigenvalue weighted by Gasteiger charge is -2.27. The predicted octanol–water partition coefficient (Wildman–Crippen LogP) is 6.76. The lowest BCUT2D eigenvalue weighted by atomic mass is 10.0. The Bertz CT molecular complexity index is 2040. The maximum atomic E-state index is 13.4. The second kappa shape index (κ2) is 17.7. The highest BCUT2D eigenvalue weighted by atomic mass is 35.5. The molecule has 19 heteroatoms. The average Bonchev–Trinajstić information content (AvgIpc) is 4.02. The number of amides is 2. The minimum Gasteiger partial charge on any atom is -0.619 e. The molecule has 2 saturated carbocycles. The largest absolute Gasteiger partial charge is 0.619 e. The summed E-state index contributed by atoms with van der Waals surface area (Å²) in [5.74, 6) is -1.57. The Kier molecular flexibility index (Phi) is 13.4. The molecule has 5 rings (SSSR count). The molecule has 304 valence electrons. The smallest absolute Gasteiger partial charge is 0.429 e. The topological polar surface area (TPSA) is 174 Å². The fourth-order valence-electron chi connectivity index (χ4n) is 5.26. The fraction of sp³-hybridized carbons (Fsp3) is 0.459. The Morgan fingerprint density at radius 2 is 1.55 bits per heavy atom. The number of carbonyl (C=O) groups is 3. The second-order valence-electron chi connectivity index (χ2n) is 14.4. The van der Waals surface area contributed by atoms with E-state index in [0.29, 0.717) is 9.04 Å². The molecule has 0 radical (unpaired) electrons. The predicted molar refractivity (Wildman–Crippen MR) is 200 cm³/mol. The molecular formula is C37H41Cl2F2N3O11S. The lowest BCUT2D eigenvalue weighted by molar-refractivity contribution is -0.605. The van der Waals surface area contributed by atoms with Crippen LogP contribution in [-0.4, -0.2) is 64.6 Å². The molecule has 0 bridgehead atoms. The molecule has 2 fully saturated rings. The highest BCUT2D eigenvalue weighted by molar-refractivity contribution is 7.92. The van der Waals surface area contributed by atoms with Gasteiger partial charge < -0.3 is 34.2 Å². The van der Waals surface area contributed by atoms with E-state index >= 15 is 0 Å². The lowest BCUT2D eigenvalue weighted by Crippen LogP contribution is -2.40. The van der Waals surface area contributed by atoms with E-state index in [-0.39, 0.29) is 81.1 Å². The molecule has 0 unspecified atom stereocenters. The highest BCUT2D eigenvalue weighted by Gasteiger charge is 2.34. The number of aromatic nitrogens is 1. The standard InChI is InChI=1S/C37H41Cl2F2N3O11S/c1-37(2,3)55-36(47)44(56(4,49)50)28-11-9-24(14-31(28)51-19-21-5-6-21)34(46)42-16-33(45)53-30(15-25-26(38)17-43(48)18-27(25)39)23-10-12-29(54-35(40)41)32(13-23)52-20-22-7-8-22/h9-14,17-18,21-22,30,35H,5-8,15-16,19-20H2,1-4H3,(H,42,46)/t30-/m0/s1. The average molecular weight is 845 g/mol. The molecule has 0 saturated heterocycles. The summed E-state index contributed by atoms with van der Waals surface area (Å²) in [6.07, 6.45) is 4.04. The molecule has 1 N–H and O–H groups in total. The number of anilines is 1. The van der Waals surface area contributed by atoms with Gasteiger partial charge in [-0.05, 0) is 94.2 Å². The Morgan fingerprint density at radius 1 is 0.946 bits per heavy atom. The van der Waals surface area contributed by atoms with Crippen LogP contribution < -0.4 is 28.6 Å². The summed E-state index contributed by atoms with van der Waals surface area (Å²) in [7, 11) is -4.23. The van der Waals surface area contributed by atoms with Crippen LogP contribution in [-0.2, 0) is 30.7 Å². The molecule has 56 heavy (non-hydrogen) atoms. The molecule has 2 aromatic carbocycles. The minimum absolute atomic E-state index is 0.0176. The van der Waals surface area contributed by atoms with Crippen molar-refractivity contribution in [2.75, 3.05) is 30.3 Å². The van der Waals surface area contributed by atoms with Crippen molar-refractivity contribution in [1.29, 1.82) is 0 Å². The molecule has 0 spiro atoms. The first kappa shape index (κ1) is 42.5. The normalized spacial score (nSPS) is 14.8. The number of benzene rings is 2. The molecule has 2 aliphatic rings. The fourth-order valence-corrected chi connectivity index (χ4v) is 6.68. The summed E-state index contributed by atoms with van der Waals surface area (Å²) in [6, 6.07) is 7.73. The summed E-state index contributed by atoms with van der Waals surface area (Å²) in [5, 5.41) is 14.3. The summed E-state index contributed by atoms with van der Waals surface area (Å²) in [6.45, 7) is 1.38. The van der Waals surface area contributed by atoms with Gasteiger partial charge in [0.25, 0.3) is 5.91 Å². The second-order valence-corrected chi connectivity index (χ2v) is 17.1. The van der Waals surface area contributed by atoms with Crippen molar-refractivity contribution in [3.05, 3.63) is 80.7 Å². The van der Waals surface area contributed by atoms with E-state index in [1.165, 1.54) is 36.4 Å². The van der Waals surface area contributed by atoms with Crippen molar-refractivity contribution in [1.82, 2.24) is 5.32 Å². The number of ether oxygens (including phenoxy) is 5. The Morgan fingerprint density at radius 3 is 2.11 bits per heavy atom. The van der Waals surface area contributed by atoms with Gasteiger partial charge in [0.1, 0.15) is 39.7 Å². The first-order valence-corrected chi connectivity index (χ1v) is 20.1. The van der Waals surface area contributed by atoms with Crippen LogP contribution in [0.1, 0.15) is 74.0 Å². The Hall–Kier alpha value is -4.61. The third kappa shape index (κ3) is 12.2. The van der Waals surface area contributed by atoms with Crippen LogP contribution in [0.4, 0.5) is 19.3 Å². The maximum Gasteiger partial charge on any atom is 0.429 e. The number of nitrogens with one attached hydrogen (secondary N) is 1. The zero-order valence-corrected chi connectivity index (χ0v) is 33.2. The first-order valence-electron chi connectivity index (χ1n) is 17.5. The first-order chi connectivity index (χ1) is 26.3. The number of pyridine rings is 1. The molecule has 3 aromatic rings. The molecule has 1 atom stereocenters. The molecule has 2 aliphatic carbocycles. The number of halogens is 4. The monoisotopic (exact) mass is 843 g/mol. The molecular weight excluding hydrogens is 803 g/mol. The van der Waals surface area contributed by atoms with Crippen LogP contribution >= 0.6 is 23.2 Å². The molecule has 1 heterocycles. The number of alkyl halides is 2. The van der Waals surface area contributed by atoms with Crippen LogP contribution in [0.2, 0.25) is 10.0 Å². The van der Waals surface area contributed by atoms with E-state index in [4.69, 9.17) is 42.1 Å². The van der Waals surface area contributed by atoms with Gasteiger partial charge in [0.15, 0.2) is 23.9 Å². The molecule has 14 nitrogen and oxygen atoms in total. The molecule has 2 amide bonds. The van der Waals surface area contributed by atoms with Gasteiger partial charge in [-0.1, -0.05) is 29.3 Å². The number of nitrogens with zero attached hydrogens (tertiary/aromatic N) is 2. The van der Waals surface area contributed by atoms with Crippen molar-refractivity contribution in [2.24, 2.45) is 11.8 Å². The zero-order chi connectivity index (χ0) is 40.9. The number of sulfonamides is 1. The van der Waals surface area contributed by atoms with Crippen molar-refractivity contribution < 1.29 is 60.0 Å². The number of hydrogen-bond acceptors (Lipinski definition) is 11. The van der Waals surface area contributed by atoms with E-state index in [0.717, 1.165) is 44.3 Å². The highest BCUT2D eigenvalue weighted by Crippen LogP contribution is 2.39. The van der Waals surface area contributed by atoms with Crippen molar-refractivity contribution in [3.63, 3.8) is 0 Å². The van der Waals surface area contributed by atoms with Gasteiger partial charge in [-0.15, -0.1) is 0 Å². The van der Waals surface area contributed by atoms with Gasteiger partial charge in [-0.3, -0.25) is 9.59 Å². The summed E-state index contributed by atoms with van der Waals surface area (Å²) in [4.78, 5) is 39.8. The minimum atomic E-state index is -4.23. The van der Waals surface area contributed by atoms with Crippen LogP contribution in [0.5, 0.6) is 17.2 Å². The van der Waals surface area contributed by atoms with E-state index in [1.807, 2.05) is 0 Å². The Balaban J connectivity index is 1.37. The van der Waals surface area contributed by atoms with Gasteiger partial charge in [-0.25, -0.2) is 13.2 Å². The van der Waals surface area contributed by atoms with Gasteiger partial charge in [-0.2, -0.15) is 17.8 Å². The third-order valence-corrected chi connectivity index (χ3v) is 10.0. The quantitative estimate of drug-likeness (QED) is 0.0864. The Labute approximate surface area is 332 Å². The van der Waals surface area contributed by atoms with E-state index in [9.17, 15) is 36.8 Å². The number of carbonyl (C=O) groups excluding carboxylic acids is 3.